The molecular formula is C28H24F4N6O2. The number of rotatable bonds is 11. The molecule has 0 aliphatic carbocycles. The van der Waals surface area contributed by atoms with E-state index in [2.05, 4.69) is 31.1 Å². The van der Waals surface area contributed by atoms with Gasteiger partial charge in [-0.2, -0.15) is 23.4 Å². The number of benzene rings is 3. The SMILES string of the molecule is O=C(CCc1ccc(C2(CF)N=N2)cc1)Cc1ccc(NC(=O)NCc2ccc(C3(C(F)(F)F)N=N3)cc2)cc1. The first-order valence-electron chi connectivity index (χ1n) is 12.5. The van der Waals surface area contributed by atoms with Crippen LogP contribution in [0.4, 0.5) is 28.0 Å². The number of anilines is 1. The first kappa shape index (κ1) is 27.1. The number of hydrogen-bond acceptors (Lipinski definition) is 6. The number of urea groups is 1. The molecule has 2 aliphatic rings. The van der Waals surface area contributed by atoms with E-state index in [0.717, 1.165) is 11.1 Å². The molecule has 8 nitrogen and oxygen atoms in total. The van der Waals surface area contributed by atoms with Crippen LogP contribution in [0.25, 0.3) is 0 Å². The summed E-state index contributed by atoms with van der Waals surface area (Å²) in [5, 5.41) is 19.2. The van der Waals surface area contributed by atoms with E-state index in [0.29, 0.717) is 29.7 Å². The van der Waals surface area contributed by atoms with Crippen molar-refractivity contribution in [3.8, 4) is 0 Å². The van der Waals surface area contributed by atoms with E-state index >= 15 is 0 Å². The highest BCUT2D eigenvalue weighted by Gasteiger charge is 2.65. The highest BCUT2D eigenvalue weighted by atomic mass is 19.4. The highest BCUT2D eigenvalue weighted by molar-refractivity contribution is 5.89. The summed E-state index contributed by atoms with van der Waals surface area (Å²) < 4.78 is 52.3. The molecule has 2 heterocycles. The van der Waals surface area contributed by atoms with E-state index in [9.17, 15) is 27.2 Å². The van der Waals surface area contributed by atoms with Gasteiger partial charge in [-0.1, -0.05) is 60.7 Å². The van der Waals surface area contributed by atoms with E-state index in [1.165, 1.54) is 24.3 Å². The summed E-state index contributed by atoms with van der Waals surface area (Å²) in [7, 11) is 0. The molecule has 0 atom stereocenters. The zero-order valence-electron chi connectivity index (χ0n) is 21.1. The van der Waals surface area contributed by atoms with Crippen molar-refractivity contribution in [2.24, 2.45) is 20.5 Å². The van der Waals surface area contributed by atoms with Crippen LogP contribution in [0, 0.1) is 0 Å². The van der Waals surface area contributed by atoms with Gasteiger partial charge in [0.25, 0.3) is 0 Å². The summed E-state index contributed by atoms with van der Waals surface area (Å²) in [6.07, 6.45) is -3.42. The molecule has 0 aromatic heterocycles. The predicted molar refractivity (Wildman–Crippen MR) is 137 cm³/mol. The molecule has 5 rings (SSSR count). The Morgan fingerprint density at radius 1 is 0.750 bits per heavy atom. The molecule has 2 amide bonds. The second kappa shape index (κ2) is 10.6. The average molecular weight is 553 g/mol. The van der Waals surface area contributed by atoms with Gasteiger partial charge < -0.3 is 10.6 Å². The lowest BCUT2D eigenvalue weighted by molar-refractivity contribution is -0.166. The zero-order valence-corrected chi connectivity index (χ0v) is 21.1. The van der Waals surface area contributed by atoms with Gasteiger partial charge in [0.05, 0.1) is 0 Å². The first-order chi connectivity index (χ1) is 19.1. The minimum atomic E-state index is -4.59. The minimum absolute atomic E-state index is 0.0613. The van der Waals surface area contributed by atoms with Gasteiger partial charge in [0.15, 0.2) is 0 Å². The third-order valence-corrected chi connectivity index (χ3v) is 6.75. The zero-order chi connectivity index (χ0) is 28.4. The number of hydrogen-bond donors (Lipinski definition) is 2. The first-order valence-corrected chi connectivity index (χ1v) is 12.5. The summed E-state index contributed by atoms with van der Waals surface area (Å²) in [4.78, 5) is 24.7. The van der Waals surface area contributed by atoms with Gasteiger partial charge in [0.2, 0.25) is 5.66 Å². The van der Waals surface area contributed by atoms with Crippen LogP contribution in [0.1, 0.15) is 34.2 Å². The molecule has 2 aliphatic heterocycles. The van der Waals surface area contributed by atoms with Crippen LogP contribution in [0.3, 0.4) is 0 Å². The van der Waals surface area contributed by atoms with Gasteiger partial charge in [-0.15, -0.1) is 10.2 Å². The summed E-state index contributed by atoms with van der Waals surface area (Å²) in [5.74, 6) is 0.0613. The molecule has 2 N–H and O–H groups in total. The van der Waals surface area contributed by atoms with Gasteiger partial charge in [-0.3, -0.25) is 4.79 Å². The molecule has 0 saturated carbocycles. The molecule has 3 aromatic carbocycles. The second-order valence-electron chi connectivity index (χ2n) is 9.63. The van der Waals surface area contributed by atoms with Crippen molar-refractivity contribution in [3.05, 3.63) is 101 Å². The van der Waals surface area contributed by atoms with Crippen LogP contribution < -0.4 is 10.6 Å². The van der Waals surface area contributed by atoms with E-state index in [4.69, 9.17) is 0 Å². The monoisotopic (exact) mass is 552 g/mol. The van der Waals surface area contributed by atoms with Crippen LogP contribution in [-0.2, 0) is 35.5 Å². The van der Waals surface area contributed by atoms with Gasteiger partial charge >= 0.3 is 17.9 Å². The molecule has 0 fully saturated rings. The Labute approximate surface area is 226 Å². The largest absolute Gasteiger partial charge is 0.442 e. The molecule has 12 heteroatoms. The Bertz CT molecular complexity index is 1440. The number of Topliss-reactive ketones (excluding diaryl/α,β-unsaturated/α-hetero) is 1. The topological polar surface area (TPSA) is 108 Å². The fourth-order valence-electron chi connectivity index (χ4n) is 4.21. The number of halogens is 4. The Morgan fingerprint density at radius 3 is 1.88 bits per heavy atom. The molecule has 206 valence electrons. The molecular weight excluding hydrogens is 528 g/mol. The molecule has 3 aromatic rings. The van der Waals surface area contributed by atoms with Crippen LogP contribution in [0.2, 0.25) is 0 Å². The predicted octanol–water partition coefficient (Wildman–Crippen LogP) is 6.52. The molecule has 0 unspecified atom stereocenters. The Morgan fingerprint density at radius 2 is 1.32 bits per heavy atom. The van der Waals surface area contributed by atoms with E-state index < -0.39 is 30.2 Å². The van der Waals surface area contributed by atoms with Crippen molar-refractivity contribution < 1.29 is 27.2 Å². The Balaban J connectivity index is 1.04. The number of nitrogens with zero attached hydrogens (tertiary/aromatic N) is 4. The fraction of sp³-hybridized carbons (Fsp3) is 0.286. The number of ketones is 1. The van der Waals surface area contributed by atoms with Gasteiger partial charge in [0, 0.05) is 36.2 Å². The van der Waals surface area contributed by atoms with Crippen molar-refractivity contribution in [2.45, 2.75) is 43.3 Å². The summed E-state index contributed by atoms with van der Waals surface area (Å²) in [6, 6.07) is 19.2. The molecule has 0 bridgehead atoms. The van der Waals surface area contributed by atoms with Crippen molar-refractivity contribution in [1.82, 2.24) is 5.32 Å². The summed E-state index contributed by atoms with van der Waals surface area (Å²) >= 11 is 0. The standard InChI is InChI=1S/C28H24F4N6O2/c29-17-26(35-36-26)21-8-1-18(2-9-21)7-14-24(39)15-19-5-12-23(13-6-19)34-25(40)33-16-20-3-10-22(11-4-20)27(37-38-27)28(30,31)32/h1-6,8-13H,7,14-17H2,(H2,33,34,40). The maximum Gasteiger partial charge on any atom is 0.442 e. The third-order valence-electron chi connectivity index (χ3n) is 6.75. The lowest BCUT2D eigenvalue weighted by Crippen LogP contribution is -2.30. The molecule has 0 saturated heterocycles. The molecule has 0 radical (unpaired) electrons. The lowest BCUT2D eigenvalue weighted by atomic mass is 9.99. The smallest absolute Gasteiger partial charge is 0.334 e. The van der Waals surface area contributed by atoms with E-state index in [-0.39, 0.29) is 24.3 Å². The lowest BCUT2D eigenvalue weighted by Gasteiger charge is -2.15. The van der Waals surface area contributed by atoms with Crippen molar-refractivity contribution in [3.63, 3.8) is 0 Å². The van der Waals surface area contributed by atoms with Crippen LogP contribution in [0.15, 0.2) is 93.3 Å². The Kier molecular flexibility index (Phi) is 7.17. The van der Waals surface area contributed by atoms with Gasteiger partial charge in [-0.05, 0) is 35.2 Å². The van der Waals surface area contributed by atoms with Crippen molar-refractivity contribution in [1.29, 1.82) is 0 Å². The number of carbonyl (C=O) groups is 2. The van der Waals surface area contributed by atoms with Gasteiger partial charge in [-0.25, -0.2) is 9.18 Å². The third kappa shape index (κ3) is 5.90. The normalized spacial score (nSPS) is 15.9. The fourth-order valence-corrected chi connectivity index (χ4v) is 4.21. The van der Waals surface area contributed by atoms with Crippen LogP contribution in [-0.4, -0.2) is 24.7 Å². The average Bonchev–Trinajstić information content (AvgIpc) is 3.87. The van der Waals surface area contributed by atoms with Crippen molar-refractivity contribution in [2.75, 3.05) is 12.0 Å². The summed E-state index contributed by atoms with van der Waals surface area (Å²) in [5.41, 5.74) is 0.0311. The van der Waals surface area contributed by atoms with E-state index in [1.807, 2.05) is 12.1 Å². The number of nitrogens with one attached hydrogen (secondary N) is 2. The van der Waals surface area contributed by atoms with E-state index in [1.54, 1.807) is 36.4 Å². The maximum atomic E-state index is 13.1. The number of aryl methyl sites for hydroxylation is 1. The highest BCUT2D eigenvalue weighted by Crippen LogP contribution is 2.52. The number of amides is 2. The molecule has 40 heavy (non-hydrogen) atoms. The quantitative estimate of drug-likeness (QED) is 0.264. The van der Waals surface area contributed by atoms with Crippen LogP contribution in [0.5, 0.6) is 0 Å². The van der Waals surface area contributed by atoms with Crippen LogP contribution >= 0.6 is 0 Å². The Hall–Kier alpha value is -4.48. The minimum Gasteiger partial charge on any atom is -0.334 e. The number of alkyl halides is 4. The summed E-state index contributed by atoms with van der Waals surface area (Å²) in [6.45, 7) is -0.555. The number of carbonyl (C=O) groups excluding carboxylic acids is 2. The van der Waals surface area contributed by atoms with Crippen molar-refractivity contribution >= 4 is 17.5 Å². The maximum absolute atomic E-state index is 13.1. The molecule has 0 spiro atoms. The second-order valence-corrected chi connectivity index (χ2v) is 9.63. The van der Waals surface area contributed by atoms with Gasteiger partial charge in [0.1, 0.15) is 12.5 Å².